The van der Waals surface area contributed by atoms with Gasteiger partial charge in [-0.1, -0.05) is 18.3 Å². The van der Waals surface area contributed by atoms with E-state index in [-0.39, 0.29) is 5.92 Å². The Hall–Kier alpha value is -1.93. The molecule has 0 atom stereocenters. The van der Waals surface area contributed by atoms with Crippen molar-refractivity contribution in [2.24, 2.45) is 5.92 Å². The van der Waals surface area contributed by atoms with Gasteiger partial charge in [-0.3, -0.25) is 14.3 Å². The smallest absolute Gasteiger partial charge is 0.225 e. The van der Waals surface area contributed by atoms with E-state index in [0.29, 0.717) is 5.91 Å². The lowest BCUT2D eigenvalue weighted by Gasteiger charge is -2.38. The summed E-state index contributed by atoms with van der Waals surface area (Å²) in [5.41, 5.74) is 0. The van der Waals surface area contributed by atoms with Crippen molar-refractivity contribution >= 4 is 22.4 Å². The van der Waals surface area contributed by atoms with Crippen molar-refractivity contribution < 1.29 is 4.79 Å². The highest BCUT2D eigenvalue weighted by Crippen LogP contribution is 2.28. The van der Waals surface area contributed by atoms with Gasteiger partial charge < -0.3 is 9.80 Å². The summed E-state index contributed by atoms with van der Waals surface area (Å²) in [5, 5.41) is 10.5. The van der Waals surface area contributed by atoms with Gasteiger partial charge >= 0.3 is 0 Å². The molecule has 8 heteroatoms. The molecule has 0 unspecified atom stereocenters. The Balaban J connectivity index is 1.28. The van der Waals surface area contributed by atoms with Crippen molar-refractivity contribution in [3.8, 4) is 5.13 Å². The number of aromatic nitrogens is 3. The van der Waals surface area contributed by atoms with Gasteiger partial charge in [0.2, 0.25) is 16.2 Å². The van der Waals surface area contributed by atoms with Crippen LogP contribution in [0.25, 0.3) is 5.13 Å². The molecule has 1 amide bonds. The lowest BCUT2D eigenvalue weighted by Crippen LogP contribution is -2.51. The highest BCUT2D eigenvalue weighted by atomic mass is 32.1. The lowest BCUT2D eigenvalue weighted by molar-refractivity contribution is -0.138. The summed E-state index contributed by atoms with van der Waals surface area (Å²) in [7, 11) is 0. The molecule has 0 saturated carbocycles. The number of carbonyl (C=O) groups excluding carboxylic acids is 1. The Kier molecular flexibility index (Phi) is 5.73. The molecule has 2 fully saturated rings. The quantitative estimate of drug-likeness (QED) is 0.785. The van der Waals surface area contributed by atoms with E-state index in [4.69, 9.17) is 0 Å². The predicted octanol–water partition coefficient (Wildman–Crippen LogP) is 2.10. The molecular formula is C19H28N6OS. The van der Waals surface area contributed by atoms with Crippen LogP contribution in [0.2, 0.25) is 0 Å². The van der Waals surface area contributed by atoms with Gasteiger partial charge in [0.1, 0.15) is 0 Å². The van der Waals surface area contributed by atoms with Crippen LogP contribution < -0.4 is 4.90 Å². The van der Waals surface area contributed by atoms with Gasteiger partial charge in [0, 0.05) is 57.6 Å². The number of hydrogen-bond donors (Lipinski definition) is 0. The van der Waals surface area contributed by atoms with Crippen molar-refractivity contribution in [1.82, 2.24) is 24.6 Å². The molecule has 146 valence electrons. The molecule has 0 aliphatic carbocycles. The second-order valence-electron chi connectivity index (χ2n) is 7.39. The summed E-state index contributed by atoms with van der Waals surface area (Å²) in [4.78, 5) is 19.7. The number of rotatable bonds is 5. The molecule has 2 aromatic heterocycles. The van der Waals surface area contributed by atoms with Crippen molar-refractivity contribution in [3.05, 3.63) is 24.5 Å². The fourth-order valence-corrected chi connectivity index (χ4v) is 4.85. The zero-order chi connectivity index (χ0) is 18.6. The molecular weight excluding hydrogens is 360 g/mol. The molecule has 2 aromatic rings. The largest absolute Gasteiger partial charge is 0.347 e. The molecule has 2 saturated heterocycles. The molecule has 0 radical (unpaired) electrons. The molecule has 4 rings (SSSR count). The zero-order valence-corrected chi connectivity index (χ0v) is 16.8. The molecule has 2 aliphatic heterocycles. The average Bonchev–Trinajstić information content (AvgIpc) is 3.40. The van der Waals surface area contributed by atoms with Crippen LogP contribution in [0.3, 0.4) is 0 Å². The third-order valence-corrected chi connectivity index (χ3v) is 6.56. The zero-order valence-electron chi connectivity index (χ0n) is 16.0. The van der Waals surface area contributed by atoms with Crippen molar-refractivity contribution in [2.75, 3.05) is 50.7 Å². The molecule has 7 nitrogen and oxygen atoms in total. The first-order chi connectivity index (χ1) is 13.2. The van der Waals surface area contributed by atoms with Gasteiger partial charge in [-0.15, -0.1) is 10.2 Å². The molecule has 2 aliphatic rings. The fourth-order valence-electron chi connectivity index (χ4n) is 3.99. The van der Waals surface area contributed by atoms with E-state index >= 15 is 0 Å². The van der Waals surface area contributed by atoms with Gasteiger partial charge in [0.05, 0.1) is 0 Å². The number of piperazine rings is 1. The van der Waals surface area contributed by atoms with E-state index in [1.54, 1.807) is 11.3 Å². The van der Waals surface area contributed by atoms with Crippen molar-refractivity contribution in [1.29, 1.82) is 0 Å². The minimum Gasteiger partial charge on any atom is -0.347 e. The maximum atomic E-state index is 12.9. The molecule has 0 aromatic carbocycles. The van der Waals surface area contributed by atoms with Crippen LogP contribution in [0.1, 0.15) is 26.2 Å². The number of hydrogen-bond acceptors (Lipinski definition) is 6. The first-order valence-electron chi connectivity index (χ1n) is 9.97. The van der Waals surface area contributed by atoms with Gasteiger partial charge in [-0.25, -0.2) is 0 Å². The van der Waals surface area contributed by atoms with Crippen molar-refractivity contribution in [2.45, 2.75) is 26.2 Å². The monoisotopic (exact) mass is 388 g/mol. The maximum Gasteiger partial charge on any atom is 0.225 e. The Labute approximate surface area is 164 Å². The summed E-state index contributed by atoms with van der Waals surface area (Å²) in [6.45, 7) is 8.93. The fraction of sp³-hybridized carbons (Fsp3) is 0.632. The van der Waals surface area contributed by atoms with E-state index in [0.717, 1.165) is 68.9 Å². The molecule has 27 heavy (non-hydrogen) atoms. The second-order valence-corrected chi connectivity index (χ2v) is 8.32. The Morgan fingerprint density at radius 1 is 1.04 bits per heavy atom. The van der Waals surface area contributed by atoms with Gasteiger partial charge in [0.15, 0.2) is 0 Å². The molecule has 0 bridgehead atoms. The minimum atomic E-state index is 0.163. The topological polar surface area (TPSA) is 57.5 Å². The van der Waals surface area contributed by atoms with Crippen molar-refractivity contribution in [3.63, 3.8) is 0 Å². The van der Waals surface area contributed by atoms with E-state index in [1.165, 1.54) is 6.42 Å². The standard InChI is InChI=1S/C19H28N6OS/c1-2-7-22-12-14-23(15-13-22)17(26)16-5-10-25(11-6-16)19-21-20-18(27-19)24-8-3-4-9-24/h3-4,8-9,16H,2,5-7,10-15H2,1H3. The Morgan fingerprint density at radius 3 is 2.37 bits per heavy atom. The minimum absolute atomic E-state index is 0.163. The van der Waals surface area contributed by atoms with Gasteiger partial charge in [-0.05, 0) is 37.9 Å². The third-order valence-electron chi connectivity index (χ3n) is 5.57. The average molecular weight is 389 g/mol. The third kappa shape index (κ3) is 4.16. The van der Waals surface area contributed by atoms with E-state index in [1.807, 2.05) is 29.1 Å². The Bertz CT molecular complexity index is 729. The highest BCUT2D eigenvalue weighted by molar-refractivity contribution is 7.17. The number of nitrogens with zero attached hydrogens (tertiary/aromatic N) is 6. The van der Waals surface area contributed by atoms with Crippen LogP contribution in [0.5, 0.6) is 0 Å². The first kappa shape index (κ1) is 18.4. The molecule has 0 N–H and O–H groups in total. The summed E-state index contributed by atoms with van der Waals surface area (Å²) >= 11 is 1.61. The SMILES string of the molecule is CCCN1CCN(C(=O)C2CCN(c3nnc(-n4cccc4)s3)CC2)CC1. The highest BCUT2D eigenvalue weighted by Gasteiger charge is 2.31. The van der Waals surface area contributed by atoms with E-state index in [2.05, 4.69) is 31.8 Å². The molecule has 4 heterocycles. The first-order valence-corrected chi connectivity index (χ1v) is 10.8. The summed E-state index contributed by atoms with van der Waals surface area (Å²) in [6, 6.07) is 3.97. The van der Waals surface area contributed by atoms with Gasteiger partial charge in [0.25, 0.3) is 0 Å². The number of amides is 1. The van der Waals surface area contributed by atoms with E-state index < -0.39 is 0 Å². The number of carbonyl (C=O) groups is 1. The lowest BCUT2D eigenvalue weighted by atomic mass is 9.95. The van der Waals surface area contributed by atoms with Crippen LogP contribution in [-0.4, -0.2) is 76.3 Å². The van der Waals surface area contributed by atoms with Crippen LogP contribution in [-0.2, 0) is 4.79 Å². The summed E-state index contributed by atoms with van der Waals surface area (Å²) in [5.74, 6) is 0.520. The Morgan fingerprint density at radius 2 is 1.70 bits per heavy atom. The predicted molar refractivity (Wildman–Crippen MR) is 107 cm³/mol. The van der Waals surface area contributed by atoms with Crippen LogP contribution in [0, 0.1) is 5.92 Å². The number of piperidine rings is 1. The molecule has 0 spiro atoms. The normalized spacial score (nSPS) is 19.6. The van der Waals surface area contributed by atoms with E-state index in [9.17, 15) is 4.79 Å². The van der Waals surface area contributed by atoms with Gasteiger partial charge in [-0.2, -0.15) is 0 Å². The van der Waals surface area contributed by atoms with Crippen LogP contribution in [0.15, 0.2) is 24.5 Å². The second kappa shape index (κ2) is 8.39. The van der Waals surface area contributed by atoms with Crippen LogP contribution in [0.4, 0.5) is 5.13 Å². The van der Waals surface area contributed by atoms with Crippen LogP contribution >= 0.6 is 11.3 Å². The summed E-state index contributed by atoms with van der Waals surface area (Å²) in [6.07, 6.45) is 6.97. The summed E-state index contributed by atoms with van der Waals surface area (Å²) < 4.78 is 1.98. The number of anilines is 1. The maximum absolute atomic E-state index is 12.9.